The highest BCUT2D eigenvalue weighted by Crippen LogP contribution is 2.31. The Kier molecular flexibility index (Phi) is 9.75. The minimum absolute atomic E-state index is 0.296. The molecule has 5 atom stereocenters. The van der Waals surface area contributed by atoms with E-state index >= 15 is 0 Å². The summed E-state index contributed by atoms with van der Waals surface area (Å²) in [5, 5.41) is 0. The molecule has 0 aromatic heterocycles. The number of ether oxygens (including phenoxy) is 6. The van der Waals surface area contributed by atoms with Gasteiger partial charge in [0.15, 0.2) is 12.2 Å². The van der Waals surface area contributed by atoms with Crippen LogP contribution in [-0.4, -0.2) is 67.5 Å². The van der Waals surface area contributed by atoms with Crippen LogP contribution in [0.3, 0.4) is 0 Å². The summed E-state index contributed by atoms with van der Waals surface area (Å²) >= 11 is 0. The molecule has 0 radical (unpaired) electrons. The molecule has 0 amide bonds. The van der Waals surface area contributed by atoms with E-state index in [-0.39, 0.29) is 6.61 Å². The molecule has 1 saturated heterocycles. The zero-order valence-corrected chi connectivity index (χ0v) is 19.1. The molecule has 184 valence electrons. The lowest BCUT2D eigenvalue weighted by atomic mass is 9.98. The molecular formula is C23H26O11. The summed E-state index contributed by atoms with van der Waals surface area (Å²) in [5.41, 5.74) is 0.723. The van der Waals surface area contributed by atoms with Crippen LogP contribution in [0, 0.1) is 0 Å². The van der Waals surface area contributed by atoms with Crippen LogP contribution in [0.5, 0.6) is 5.75 Å². The van der Waals surface area contributed by atoms with Crippen molar-refractivity contribution in [2.75, 3.05) is 6.61 Å². The predicted molar refractivity (Wildman–Crippen MR) is 114 cm³/mol. The van der Waals surface area contributed by atoms with E-state index in [1.165, 1.54) is 13.0 Å². The SMILES string of the molecule is CC(=O)OC[C@H]1O[C@@H](Oc2ccc(/C=C/C=O)cc2)[C@H](OC(C)=O)[C@@H](OC(C)=O)[C@@H]1OC(C)=O. The second-order valence-corrected chi connectivity index (χ2v) is 7.25. The van der Waals surface area contributed by atoms with Crippen molar-refractivity contribution in [3.8, 4) is 5.75 Å². The third-order valence-electron chi connectivity index (χ3n) is 4.45. The van der Waals surface area contributed by atoms with E-state index in [9.17, 15) is 24.0 Å². The van der Waals surface area contributed by atoms with Gasteiger partial charge in [0.1, 0.15) is 24.7 Å². The van der Waals surface area contributed by atoms with Gasteiger partial charge in [-0.05, 0) is 23.8 Å². The van der Waals surface area contributed by atoms with Gasteiger partial charge in [0.2, 0.25) is 12.4 Å². The molecule has 1 aliphatic rings. The first-order chi connectivity index (χ1) is 16.1. The molecule has 0 spiro atoms. The fraction of sp³-hybridized carbons (Fsp3) is 0.435. The number of aldehydes is 1. The zero-order chi connectivity index (χ0) is 25.3. The lowest BCUT2D eigenvalue weighted by Gasteiger charge is -2.43. The molecule has 1 aliphatic heterocycles. The summed E-state index contributed by atoms with van der Waals surface area (Å²) in [7, 11) is 0. The predicted octanol–water partition coefficient (Wildman–Crippen LogP) is 1.36. The standard InChI is InChI=1S/C23H26O11/c1-13(25)29-12-19-20(30-14(2)26)21(31-15(3)27)22(32-16(4)28)23(34-19)33-18-9-7-17(8-10-18)6-5-11-24/h5-11,19-23H,12H2,1-4H3/b6-5+/t19-,20-,21+,22-,23-/m1/s1. The van der Waals surface area contributed by atoms with E-state index in [0.717, 1.165) is 26.3 Å². The van der Waals surface area contributed by atoms with E-state index < -0.39 is 54.6 Å². The van der Waals surface area contributed by atoms with Crippen molar-refractivity contribution in [2.45, 2.75) is 58.4 Å². The summed E-state index contributed by atoms with van der Waals surface area (Å²) in [4.78, 5) is 57.3. The first-order valence-electron chi connectivity index (χ1n) is 10.3. The number of carbonyl (C=O) groups excluding carboxylic acids is 5. The molecule has 0 saturated carbocycles. The molecule has 0 N–H and O–H groups in total. The first kappa shape index (κ1) is 26.5. The molecule has 11 heteroatoms. The van der Waals surface area contributed by atoms with Crippen LogP contribution >= 0.6 is 0 Å². The number of esters is 4. The minimum Gasteiger partial charge on any atom is -0.463 e. The van der Waals surface area contributed by atoms with Gasteiger partial charge in [-0.3, -0.25) is 24.0 Å². The second-order valence-electron chi connectivity index (χ2n) is 7.25. The van der Waals surface area contributed by atoms with Crippen LogP contribution < -0.4 is 4.74 Å². The average Bonchev–Trinajstić information content (AvgIpc) is 2.75. The van der Waals surface area contributed by atoms with Gasteiger partial charge in [-0.2, -0.15) is 0 Å². The number of benzene rings is 1. The van der Waals surface area contributed by atoms with Crippen LogP contribution in [0.4, 0.5) is 0 Å². The number of hydrogen-bond acceptors (Lipinski definition) is 11. The smallest absolute Gasteiger partial charge is 0.303 e. The van der Waals surface area contributed by atoms with E-state index in [0.29, 0.717) is 12.0 Å². The fourth-order valence-corrected chi connectivity index (χ4v) is 3.23. The maximum Gasteiger partial charge on any atom is 0.303 e. The van der Waals surface area contributed by atoms with Gasteiger partial charge in [-0.25, -0.2) is 0 Å². The van der Waals surface area contributed by atoms with Gasteiger partial charge < -0.3 is 28.4 Å². The van der Waals surface area contributed by atoms with Gasteiger partial charge >= 0.3 is 23.9 Å². The van der Waals surface area contributed by atoms with E-state index in [2.05, 4.69) is 0 Å². The monoisotopic (exact) mass is 478 g/mol. The number of carbonyl (C=O) groups is 5. The minimum atomic E-state index is -1.33. The molecule has 1 aromatic carbocycles. The summed E-state index contributed by atoms with van der Waals surface area (Å²) in [6.07, 6.45) is -2.78. The molecule has 0 bridgehead atoms. The van der Waals surface area contributed by atoms with Gasteiger partial charge in [-0.1, -0.05) is 18.2 Å². The molecule has 2 rings (SSSR count). The van der Waals surface area contributed by atoms with Gasteiger partial charge in [0.05, 0.1) is 0 Å². The molecule has 34 heavy (non-hydrogen) atoms. The highest BCUT2D eigenvalue weighted by atomic mass is 16.7. The second kappa shape index (κ2) is 12.5. The van der Waals surface area contributed by atoms with Crippen LogP contribution in [0.2, 0.25) is 0 Å². The van der Waals surface area contributed by atoms with Crippen molar-refractivity contribution in [3.05, 3.63) is 35.9 Å². The van der Waals surface area contributed by atoms with Crippen LogP contribution in [0.15, 0.2) is 30.3 Å². The Labute approximate surface area is 195 Å². The van der Waals surface area contributed by atoms with Crippen LogP contribution in [-0.2, 0) is 47.7 Å². The summed E-state index contributed by atoms with van der Waals surface area (Å²) in [5.74, 6) is -2.51. The van der Waals surface area contributed by atoms with E-state index in [4.69, 9.17) is 28.4 Å². The topological polar surface area (TPSA) is 141 Å². The first-order valence-corrected chi connectivity index (χ1v) is 10.3. The Bertz CT molecular complexity index is 921. The van der Waals surface area contributed by atoms with Gasteiger partial charge in [-0.15, -0.1) is 0 Å². The molecule has 0 aliphatic carbocycles. The van der Waals surface area contributed by atoms with Crippen LogP contribution in [0.1, 0.15) is 33.3 Å². The van der Waals surface area contributed by atoms with E-state index in [1.54, 1.807) is 30.3 Å². The molecule has 11 nitrogen and oxygen atoms in total. The summed E-state index contributed by atoms with van der Waals surface area (Å²) < 4.78 is 32.7. The summed E-state index contributed by atoms with van der Waals surface area (Å²) in [6, 6.07) is 6.50. The zero-order valence-electron chi connectivity index (χ0n) is 19.1. The quantitative estimate of drug-likeness (QED) is 0.220. The normalized spacial score (nSPS) is 24.1. The maximum atomic E-state index is 11.8. The number of allylic oxidation sites excluding steroid dienone is 1. The highest BCUT2D eigenvalue weighted by Gasteiger charge is 2.53. The Hall–Kier alpha value is -3.73. The van der Waals surface area contributed by atoms with Crippen molar-refractivity contribution >= 4 is 36.2 Å². The van der Waals surface area contributed by atoms with Gasteiger partial charge in [0.25, 0.3) is 0 Å². The highest BCUT2D eigenvalue weighted by molar-refractivity contribution is 5.73. The Balaban J connectivity index is 2.41. The van der Waals surface area contributed by atoms with Crippen molar-refractivity contribution in [3.63, 3.8) is 0 Å². The molecule has 1 heterocycles. The maximum absolute atomic E-state index is 11.8. The molecule has 1 fully saturated rings. The summed E-state index contributed by atoms with van der Waals surface area (Å²) in [6.45, 7) is 4.24. The third kappa shape index (κ3) is 8.00. The number of hydrogen-bond donors (Lipinski definition) is 0. The Morgan fingerprint density at radius 2 is 1.38 bits per heavy atom. The van der Waals surface area contributed by atoms with E-state index in [1.807, 2.05) is 0 Å². The van der Waals surface area contributed by atoms with Crippen molar-refractivity contribution in [1.82, 2.24) is 0 Å². The molecular weight excluding hydrogens is 452 g/mol. The molecule has 0 unspecified atom stereocenters. The average molecular weight is 478 g/mol. The fourth-order valence-electron chi connectivity index (χ4n) is 3.23. The largest absolute Gasteiger partial charge is 0.463 e. The molecule has 1 aromatic rings. The Morgan fingerprint density at radius 1 is 0.824 bits per heavy atom. The third-order valence-corrected chi connectivity index (χ3v) is 4.45. The van der Waals surface area contributed by atoms with Crippen molar-refractivity contribution < 1.29 is 52.4 Å². The lowest BCUT2D eigenvalue weighted by molar-refractivity contribution is -0.288. The van der Waals surface area contributed by atoms with Gasteiger partial charge in [0, 0.05) is 27.7 Å². The van der Waals surface area contributed by atoms with Crippen molar-refractivity contribution in [1.29, 1.82) is 0 Å². The lowest BCUT2D eigenvalue weighted by Crippen LogP contribution is -2.63. The number of rotatable bonds is 9. The van der Waals surface area contributed by atoms with Crippen molar-refractivity contribution in [2.24, 2.45) is 0 Å². The Morgan fingerprint density at radius 3 is 1.91 bits per heavy atom. The van der Waals surface area contributed by atoms with Crippen LogP contribution in [0.25, 0.3) is 6.08 Å².